The third kappa shape index (κ3) is 5.07. The van der Waals surface area contributed by atoms with E-state index in [1.54, 1.807) is 0 Å². The fourth-order valence-corrected chi connectivity index (χ4v) is 0.490. The van der Waals surface area contributed by atoms with Crippen molar-refractivity contribution >= 4 is 6.72 Å². The number of nitrogens with zero attached hydrogens (tertiary/aromatic N) is 2. The summed E-state index contributed by atoms with van der Waals surface area (Å²) in [4.78, 5) is 5.70. The molecule has 52 valence electrons. The summed E-state index contributed by atoms with van der Waals surface area (Å²) in [5.74, 6) is 0. The van der Waals surface area contributed by atoms with Crippen molar-refractivity contribution in [2.45, 2.75) is 13.3 Å². The van der Waals surface area contributed by atoms with Crippen LogP contribution >= 0.6 is 0 Å². The Hall–Kier alpha value is -0.790. The molecule has 0 radical (unpaired) electrons. The van der Waals surface area contributed by atoms with Gasteiger partial charge in [0.15, 0.2) is 0 Å². The van der Waals surface area contributed by atoms with Gasteiger partial charge in [-0.15, -0.1) is 0 Å². The molecule has 0 saturated heterocycles. The average molecular weight is 126 g/mol. The summed E-state index contributed by atoms with van der Waals surface area (Å²) in [6.45, 7) is 6.16. The first-order chi connectivity index (χ1) is 4.31. The standard InChI is InChI=1S/C7H14N2/c1-4-5-6-9(3)7-8-2/h5-6H,2,4,7H2,1,3H3/b6-5-. The number of rotatable bonds is 4. The Balaban J connectivity index is 3.35. The maximum Gasteiger partial charge on any atom is 0.108 e. The highest BCUT2D eigenvalue weighted by atomic mass is 15.1. The highest BCUT2D eigenvalue weighted by molar-refractivity contribution is 5.23. The summed E-state index contributed by atoms with van der Waals surface area (Å²) in [7, 11) is 1.97. The molecule has 0 saturated carbocycles. The van der Waals surface area contributed by atoms with E-state index in [1.165, 1.54) is 0 Å². The van der Waals surface area contributed by atoms with Gasteiger partial charge in [-0.25, -0.2) is 0 Å². The van der Waals surface area contributed by atoms with Gasteiger partial charge in [0.25, 0.3) is 0 Å². The van der Waals surface area contributed by atoms with Crippen LogP contribution in [-0.4, -0.2) is 25.3 Å². The van der Waals surface area contributed by atoms with Gasteiger partial charge in [-0.05, 0) is 19.3 Å². The Morgan fingerprint density at radius 1 is 1.67 bits per heavy atom. The lowest BCUT2D eigenvalue weighted by Crippen LogP contribution is -2.09. The Labute approximate surface area is 56.9 Å². The molecule has 0 aliphatic heterocycles. The van der Waals surface area contributed by atoms with Crippen LogP contribution in [0, 0.1) is 0 Å². The van der Waals surface area contributed by atoms with Crippen LogP contribution in [0.4, 0.5) is 0 Å². The van der Waals surface area contributed by atoms with E-state index in [9.17, 15) is 0 Å². The fourth-order valence-electron chi connectivity index (χ4n) is 0.490. The van der Waals surface area contributed by atoms with Crippen LogP contribution in [0.25, 0.3) is 0 Å². The molecule has 0 aromatic rings. The van der Waals surface area contributed by atoms with Gasteiger partial charge in [0.05, 0.1) is 0 Å². The minimum atomic E-state index is 0.677. The molecule has 0 heterocycles. The molecule has 0 aliphatic rings. The van der Waals surface area contributed by atoms with Crippen molar-refractivity contribution in [2.75, 3.05) is 13.7 Å². The maximum atomic E-state index is 3.71. The summed E-state index contributed by atoms with van der Waals surface area (Å²) in [5, 5.41) is 0. The Kier molecular flexibility index (Phi) is 4.88. The van der Waals surface area contributed by atoms with Gasteiger partial charge in [-0.1, -0.05) is 13.0 Å². The molecule has 0 fully saturated rings. The monoisotopic (exact) mass is 126 g/mol. The molecule has 0 aliphatic carbocycles. The molecule has 2 heteroatoms. The van der Waals surface area contributed by atoms with Gasteiger partial charge in [0, 0.05) is 7.05 Å². The molecule has 9 heavy (non-hydrogen) atoms. The normalized spacial score (nSPS) is 10.0. The van der Waals surface area contributed by atoms with E-state index in [1.807, 2.05) is 18.1 Å². The van der Waals surface area contributed by atoms with Crippen LogP contribution < -0.4 is 0 Å². The van der Waals surface area contributed by atoms with E-state index in [2.05, 4.69) is 24.7 Å². The van der Waals surface area contributed by atoms with Crippen molar-refractivity contribution in [2.24, 2.45) is 4.99 Å². The van der Waals surface area contributed by atoms with Gasteiger partial charge in [0.2, 0.25) is 0 Å². The molecule has 0 aromatic carbocycles. The minimum Gasteiger partial charge on any atom is -0.362 e. The lowest BCUT2D eigenvalue weighted by molar-refractivity contribution is 0.473. The molecular formula is C7H14N2. The zero-order valence-corrected chi connectivity index (χ0v) is 6.17. The highest BCUT2D eigenvalue weighted by Crippen LogP contribution is 1.85. The number of allylic oxidation sites excluding steroid dienone is 1. The van der Waals surface area contributed by atoms with E-state index in [0.29, 0.717) is 6.67 Å². The molecule has 0 N–H and O–H groups in total. The van der Waals surface area contributed by atoms with Crippen LogP contribution in [0.2, 0.25) is 0 Å². The quantitative estimate of drug-likeness (QED) is 0.521. The predicted molar refractivity (Wildman–Crippen MR) is 41.6 cm³/mol. The Morgan fingerprint density at radius 3 is 2.78 bits per heavy atom. The molecule has 0 bridgehead atoms. The Morgan fingerprint density at radius 2 is 2.33 bits per heavy atom. The van der Waals surface area contributed by atoms with Crippen molar-refractivity contribution in [3.63, 3.8) is 0 Å². The summed E-state index contributed by atoms with van der Waals surface area (Å²) < 4.78 is 0. The second kappa shape index (κ2) is 5.35. The van der Waals surface area contributed by atoms with Gasteiger partial charge >= 0.3 is 0 Å². The second-order valence-electron chi connectivity index (χ2n) is 1.92. The van der Waals surface area contributed by atoms with Crippen molar-refractivity contribution in [3.05, 3.63) is 12.3 Å². The summed E-state index contributed by atoms with van der Waals surface area (Å²) in [6, 6.07) is 0. The van der Waals surface area contributed by atoms with Gasteiger partial charge < -0.3 is 4.90 Å². The van der Waals surface area contributed by atoms with E-state index < -0.39 is 0 Å². The molecule has 0 amide bonds. The Bertz CT molecular complexity index is 97.1. The first-order valence-electron chi connectivity index (χ1n) is 3.10. The zero-order chi connectivity index (χ0) is 7.11. The largest absolute Gasteiger partial charge is 0.362 e. The summed E-state index contributed by atoms with van der Waals surface area (Å²) in [5.41, 5.74) is 0. The van der Waals surface area contributed by atoms with Crippen LogP contribution in [0.3, 0.4) is 0 Å². The molecule has 2 nitrogen and oxygen atoms in total. The molecule has 0 aromatic heterocycles. The zero-order valence-electron chi connectivity index (χ0n) is 6.17. The van der Waals surface area contributed by atoms with Crippen molar-refractivity contribution < 1.29 is 0 Å². The van der Waals surface area contributed by atoms with E-state index in [4.69, 9.17) is 0 Å². The summed E-state index contributed by atoms with van der Waals surface area (Å²) >= 11 is 0. The van der Waals surface area contributed by atoms with Gasteiger partial charge in [0.1, 0.15) is 6.67 Å². The lowest BCUT2D eigenvalue weighted by Gasteiger charge is -2.08. The van der Waals surface area contributed by atoms with E-state index in [-0.39, 0.29) is 0 Å². The van der Waals surface area contributed by atoms with Crippen LogP contribution in [0.1, 0.15) is 13.3 Å². The first kappa shape index (κ1) is 8.21. The molecule has 0 unspecified atom stereocenters. The highest BCUT2D eigenvalue weighted by Gasteiger charge is 1.81. The predicted octanol–water partition coefficient (Wildman–Crippen LogP) is 1.50. The van der Waals surface area contributed by atoms with Crippen LogP contribution in [-0.2, 0) is 0 Å². The average Bonchev–Trinajstić information content (AvgIpc) is 1.85. The number of aliphatic imine (C=N–C) groups is 1. The van der Waals surface area contributed by atoms with Gasteiger partial charge in [-0.3, -0.25) is 4.99 Å². The topological polar surface area (TPSA) is 15.6 Å². The van der Waals surface area contributed by atoms with Crippen LogP contribution in [0.5, 0.6) is 0 Å². The van der Waals surface area contributed by atoms with Crippen molar-refractivity contribution in [1.29, 1.82) is 0 Å². The van der Waals surface area contributed by atoms with Crippen molar-refractivity contribution in [1.82, 2.24) is 4.90 Å². The summed E-state index contributed by atoms with van der Waals surface area (Å²) in [6.07, 6.45) is 5.17. The van der Waals surface area contributed by atoms with E-state index >= 15 is 0 Å². The maximum absolute atomic E-state index is 3.71. The fraction of sp³-hybridized carbons (Fsp3) is 0.571. The van der Waals surface area contributed by atoms with Gasteiger partial charge in [-0.2, -0.15) is 0 Å². The third-order valence-corrected chi connectivity index (χ3v) is 0.919. The molecular weight excluding hydrogens is 112 g/mol. The van der Waals surface area contributed by atoms with Crippen molar-refractivity contribution in [3.8, 4) is 0 Å². The third-order valence-electron chi connectivity index (χ3n) is 0.919. The van der Waals surface area contributed by atoms with Crippen LogP contribution in [0.15, 0.2) is 17.3 Å². The second-order valence-corrected chi connectivity index (χ2v) is 1.92. The number of hydrogen-bond acceptors (Lipinski definition) is 2. The number of hydrogen-bond donors (Lipinski definition) is 0. The smallest absolute Gasteiger partial charge is 0.108 e. The minimum absolute atomic E-state index is 0.677. The SMILES string of the molecule is C=NCN(C)/C=C\CC. The molecule has 0 atom stereocenters. The first-order valence-corrected chi connectivity index (χ1v) is 3.10. The molecule has 0 spiro atoms. The lowest BCUT2D eigenvalue weighted by atomic mass is 10.5. The van der Waals surface area contributed by atoms with E-state index in [0.717, 1.165) is 6.42 Å². The molecule has 0 rings (SSSR count).